The van der Waals surface area contributed by atoms with Crippen molar-refractivity contribution in [2.45, 2.75) is 32.0 Å². The SMILES string of the molecule is CCc1ccc(C(Br)c2sc(C)cc2C)o1. The number of alkyl halides is 1. The number of hydrogen-bond acceptors (Lipinski definition) is 2. The molecule has 1 nitrogen and oxygen atoms in total. The third kappa shape index (κ3) is 2.25. The number of rotatable bonds is 3. The highest BCUT2D eigenvalue weighted by Crippen LogP contribution is 2.38. The number of aryl methyl sites for hydroxylation is 3. The molecule has 3 heteroatoms. The smallest absolute Gasteiger partial charge is 0.123 e. The lowest BCUT2D eigenvalue weighted by Gasteiger charge is -2.05. The maximum atomic E-state index is 5.77. The lowest BCUT2D eigenvalue weighted by molar-refractivity contribution is 0.478. The van der Waals surface area contributed by atoms with Crippen molar-refractivity contribution in [2.75, 3.05) is 0 Å². The van der Waals surface area contributed by atoms with Gasteiger partial charge in [-0.25, -0.2) is 0 Å². The molecule has 0 amide bonds. The summed E-state index contributed by atoms with van der Waals surface area (Å²) in [5, 5.41) is 0. The Morgan fingerprint density at radius 3 is 2.62 bits per heavy atom. The largest absolute Gasteiger partial charge is 0.465 e. The van der Waals surface area contributed by atoms with Crippen molar-refractivity contribution in [3.05, 3.63) is 45.0 Å². The molecular weight excluding hydrogens is 284 g/mol. The molecule has 0 radical (unpaired) electrons. The average Bonchev–Trinajstić information content (AvgIpc) is 2.84. The van der Waals surface area contributed by atoms with E-state index in [1.165, 1.54) is 15.3 Å². The Balaban J connectivity index is 2.31. The Labute approximate surface area is 109 Å². The van der Waals surface area contributed by atoms with Gasteiger partial charge in [0.05, 0.1) is 0 Å². The Morgan fingerprint density at radius 2 is 2.12 bits per heavy atom. The Kier molecular flexibility index (Phi) is 3.55. The van der Waals surface area contributed by atoms with Crippen LogP contribution in [0, 0.1) is 13.8 Å². The molecule has 1 unspecified atom stereocenters. The predicted octanol–water partition coefficient (Wildman–Crippen LogP) is 5.00. The molecule has 0 aliphatic heterocycles. The molecule has 0 aromatic carbocycles. The van der Waals surface area contributed by atoms with Crippen LogP contribution < -0.4 is 0 Å². The molecule has 2 rings (SSSR count). The van der Waals surface area contributed by atoms with E-state index in [-0.39, 0.29) is 4.83 Å². The third-order valence-corrected chi connectivity index (χ3v) is 5.02. The van der Waals surface area contributed by atoms with Crippen molar-refractivity contribution >= 4 is 27.3 Å². The van der Waals surface area contributed by atoms with Crippen LogP contribution in [-0.2, 0) is 6.42 Å². The lowest BCUT2D eigenvalue weighted by Crippen LogP contribution is -1.88. The summed E-state index contributed by atoms with van der Waals surface area (Å²) in [6, 6.07) is 6.34. The highest BCUT2D eigenvalue weighted by molar-refractivity contribution is 9.09. The van der Waals surface area contributed by atoms with Gasteiger partial charge in [0.2, 0.25) is 0 Å². The molecule has 2 aromatic rings. The summed E-state index contributed by atoms with van der Waals surface area (Å²) < 4.78 is 5.77. The fraction of sp³-hybridized carbons (Fsp3) is 0.385. The summed E-state index contributed by atoms with van der Waals surface area (Å²) in [7, 11) is 0. The van der Waals surface area contributed by atoms with Crippen molar-refractivity contribution in [1.29, 1.82) is 0 Å². The van der Waals surface area contributed by atoms with Gasteiger partial charge >= 0.3 is 0 Å². The van der Waals surface area contributed by atoms with E-state index in [0.29, 0.717) is 0 Å². The highest BCUT2D eigenvalue weighted by atomic mass is 79.9. The van der Waals surface area contributed by atoms with Gasteiger partial charge in [0.1, 0.15) is 16.3 Å². The summed E-state index contributed by atoms with van der Waals surface area (Å²) in [6.07, 6.45) is 0.947. The van der Waals surface area contributed by atoms with E-state index in [0.717, 1.165) is 17.9 Å². The normalized spacial score (nSPS) is 13.0. The molecule has 0 aliphatic rings. The van der Waals surface area contributed by atoms with Crippen LogP contribution in [0.4, 0.5) is 0 Å². The van der Waals surface area contributed by atoms with E-state index >= 15 is 0 Å². The van der Waals surface area contributed by atoms with E-state index in [1.807, 2.05) is 11.3 Å². The van der Waals surface area contributed by atoms with Crippen molar-refractivity contribution in [3.8, 4) is 0 Å². The molecular formula is C13H15BrOS. The highest BCUT2D eigenvalue weighted by Gasteiger charge is 2.18. The molecule has 0 spiro atoms. The van der Waals surface area contributed by atoms with Gasteiger partial charge in [-0.2, -0.15) is 0 Å². The fourth-order valence-corrected chi connectivity index (χ4v) is 3.67. The molecule has 0 fully saturated rings. The van der Waals surface area contributed by atoms with Crippen molar-refractivity contribution in [1.82, 2.24) is 0 Å². The van der Waals surface area contributed by atoms with Gasteiger partial charge in [0, 0.05) is 16.2 Å². The zero-order chi connectivity index (χ0) is 11.7. The Morgan fingerprint density at radius 1 is 1.38 bits per heavy atom. The first-order chi connectivity index (χ1) is 7.61. The molecule has 2 aromatic heterocycles. The zero-order valence-electron chi connectivity index (χ0n) is 9.71. The first-order valence-corrected chi connectivity index (χ1v) is 7.14. The number of thiophene rings is 1. The molecule has 0 saturated heterocycles. The molecule has 2 heterocycles. The van der Waals surface area contributed by atoms with Gasteiger partial charge in [-0.05, 0) is 37.6 Å². The van der Waals surface area contributed by atoms with Crippen LogP contribution in [0.5, 0.6) is 0 Å². The Bertz CT molecular complexity index is 484. The number of furan rings is 1. The van der Waals surface area contributed by atoms with Crippen molar-refractivity contribution < 1.29 is 4.42 Å². The van der Waals surface area contributed by atoms with Crippen LogP contribution in [0.2, 0.25) is 0 Å². The maximum Gasteiger partial charge on any atom is 0.123 e. The molecule has 0 aliphatic carbocycles. The predicted molar refractivity (Wildman–Crippen MR) is 72.6 cm³/mol. The van der Waals surface area contributed by atoms with Crippen molar-refractivity contribution in [2.24, 2.45) is 0 Å². The zero-order valence-corrected chi connectivity index (χ0v) is 12.1. The van der Waals surface area contributed by atoms with Gasteiger partial charge in [-0.1, -0.05) is 22.9 Å². The molecule has 16 heavy (non-hydrogen) atoms. The first kappa shape index (κ1) is 11.9. The summed E-state index contributed by atoms with van der Waals surface area (Å²) in [5.74, 6) is 2.05. The van der Waals surface area contributed by atoms with E-state index in [9.17, 15) is 0 Å². The Hall–Kier alpha value is -0.540. The van der Waals surface area contributed by atoms with Gasteiger partial charge in [-0.3, -0.25) is 0 Å². The van der Waals surface area contributed by atoms with Gasteiger partial charge in [-0.15, -0.1) is 11.3 Å². The second kappa shape index (κ2) is 4.76. The van der Waals surface area contributed by atoms with Crippen LogP contribution in [-0.4, -0.2) is 0 Å². The maximum absolute atomic E-state index is 5.77. The summed E-state index contributed by atoms with van der Waals surface area (Å²) in [6.45, 7) is 6.39. The third-order valence-electron chi connectivity index (χ3n) is 2.59. The standard InChI is InChI=1S/C13H15BrOS/c1-4-10-5-6-11(15-10)12(14)13-8(2)7-9(3)16-13/h5-7,12H,4H2,1-3H3. The summed E-state index contributed by atoms with van der Waals surface area (Å²) in [4.78, 5) is 2.88. The lowest BCUT2D eigenvalue weighted by atomic mass is 10.2. The second-order valence-electron chi connectivity index (χ2n) is 3.92. The van der Waals surface area contributed by atoms with Crippen molar-refractivity contribution in [3.63, 3.8) is 0 Å². The summed E-state index contributed by atoms with van der Waals surface area (Å²) >= 11 is 5.54. The van der Waals surface area contributed by atoms with Gasteiger partial charge in [0.25, 0.3) is 0 Å². The minimum Gasteiger partial charge on any atom is -0.465 e. The molecule has 0 saturated carbocycles. The van der Waals surface area contributed by atoms with Crippen LogP contribution in [0.25, 0.3) is 0 Å². The second-order valence-corrected chi connectivity index (χ2v) is 6.13. The van der Waals surface area contributed by atoms with Crippen LogP contribution in [0.3, 0.4) is 0 Å². The van der Waals surface area contributed by atoms with Gasteiger partial charge in [0.15, 0.2) is 0 Å². The topological polar surface area (TPSA) is 13.1 Å². The number of halogens is 1. The van der Waals surface area contributed by atoms with Crippen LogP contribution in [0.15, 0.2) is 22.6 Å². The molecule has 86 valence electrons. The fourth-order valence-electron chi connectivity index (χ4n) is 1.76. The monoisotopic (exact) mass is 298 g/mol. The molecule has 1 atom stereocenters. The number of hydrogen-bond donors (Lipinski definition) is 0. The van der Waals surface area contributed by atoms with E-state index < -0.39 is 0 Å². The minimum absolute atomic E-state index is 0.187. The molecule has 0 N–H and O–H groups in total. The van der Waals surface area contributed by atoms with Crippen LogP contribution in [0.1, 0.15) is 38.6 Å². The average molecular weight is 299 g/mol. The van der Waals surface area contributed by atoms with E-state index in [2.05, 4.69) is 54.9 Å². The first-order valence-electron chi connectivity index (χ1n) is 5.41. The quantitative estimate of drug-likeness (QED) is 0.727. The minimum atomic E-state index is 0.187. The van der Waals surface area contributed by atoms with E-state index in [1.54, 1.807) is 0 Å². The van der Waals surface area contributed by atoms with Gasteiger partial charge < -0.3 is 4.42 Å². The molecule has 0 bridgehead atoms. The summed E-state index contributed by atoms with van der Waals surface area (Å²) in [5.41, 5.74) is 1.33. The van der Waals surface area contributed by atoms with Crippen LogP contribution >= 0.6 is 27.3 Å². The van der Waals surface area contributed by atoms with E-state index in [4.69, 9.17) is 4.42 Å².